The van der Waals surface area contributed by atoms with Crippen molar-refractivity contribution in [1.29, 1.82) is 5.41 Å². The van der Waals surface area contributed by atoms with Crippen molar-refractivity contribution in [1.82, 2.24) is 14.9 Å². The normalized spacial score (nSPS) is 20.8. The van der Waals surface area contributed by atoms with Gasteiger partial charge in [0.2, 0.25) is 5.95 Å². The van der Waals surface area contributed by atoms with Crippen molar-refractivity contribution in [2.45, 2.75) is 37.8 Å². The number of benzene rings is 1. The van der Waals surface area contributed by atoms with Crippen molar-refractivity contribution < 1.29 is 4.39 Å². The van der Waals surface area contributed by atoms with E-state index in [0.717, 1.165) is 31.9 Å². The predicted molar refractivity (Wildman–Crippen MR) is 94.6 cm³/mol. The Morgan fingerprint density at radius 2 is 2.00 bits per heavy atom. The summed E-state index contributed by atoms with van der Waals surface area (Å²) in [6.07, 6.45) is 5.18. The Kier molecular flexibility index (Phi) is 4.80. The van der Waals surface area contributed by atoms with Crippen LogP contribution in [0.25, 0.3) is 0 Å². The van der Waals surface area contributed by atoms with E-state index < -0.39 is 0 Å². The zero-order valence-electron chi connectivity index (χ0n) is 13.7. The van der Waals surface area contributed by atoms with Gasteiger partial charge in [-0.2, -0.15) is 0 Å². The molecular formula is C17H23FN6. The minimum absolute atomic E-state index is 0.199. The van der Waals surface area contributed by atoms with Gasteiger partial charge in [-0.25, -0.2) is 9.37 Å². The largest absolute Gasteiger partial charge is 0.383 e. The van der Waals surface area contributed by atoms with Gasteiger partial charge in [-0.1, -0.05) is 12.1 Å². The second-order valence-corrected chi connectivity index (χ2v) is 6.12. The minimum atomic E-state index is -0.346. The fraction of sp³-hybridized carbons (Fsp3) is 0.412. The molecule has 1 aliphatic carbocycles. The summed E-state index contributed by atoms with van der Waals surface area (Å²) in [7, 11) is 1.98. The second kappa shape index (κ2) is 7.00. The molecule has 3 rings (SSSR count). The third kappa shape index (κ3) is 3.12. The summed E-state index contributed by atoms with van der Waals surface area (Å²) < 4.78 is 15.9. The number of imidazole rings is 1. The quantitative estimate of drug-likeness (QED) is 0.634. The maximum absolute atomic E-state index is 14.0. The van der Waals surface area contributed by atoms with Crippen LogP contribution >= 0.6 is 0 Å². The van der Waals surface area contributed by atoms with Crippen molar-refractivity contribution in [2.75, 3.05) is 18.1 Å². The van der Waals surface area contributed by atoms with Gasteiger partial charge in [0.1, 0.15) is 17.3 Å². The van der Waals surface area contributed by atoms with Crippen molar-refractivity contribution >= 4 is 23.7 Å². The van der Waals surface area contributed by atoms with Gasteiger partial charge in [-0.05, 0) is 44.9 Å². The van der Waals surface area contributed by atoms with Crippen molar-refractivity contribution in [3.8, 4) is 0 Å². The summed E-state index contributed by atoms with van der Waals surface area (Å²) in [5.41, 5.74) is 6.96. The lowest BCUT2D eigenvalue weighted by Crippen LogP contribution is -2.31. The number of aromatic nitrogens is 2. The van der Waals surface area contributed by atoms with Gasteiger partial charge in [0.15, 0.2) is 0 Å². The Balaban J connectivity index is 1.92. The number of halogens is 1. The highest BCUT2D eigenvalue weighted by Gasteiger charge is 2.26. The lowest BCUT2D eigenvalue weighted by atomic mass is 9.91. The van der Waals surface area contributed by atoms with Crippen LogP contribution in [0.1, 0.15) is 37.4 Å². The number of nitrogens with one attached hydrogen (secondary N) is 3. The van der Waals surface area contributed by atoms with Crippen molar-refractivity contribution in [2.24, 2.45) is 0 Å². The van der Waals surface area contributed by atoms with Crippen LogP contribution < -0.4 is 16.4 Å². The zero-order chi connectivity index (χ0) is 17.1. The highest BCUT2D eigenvalue weighted by atomic mass is 19.1. The molecule has 0 radical (unpaired) electrons. The first kappa shape index (κ1) is 16.4. The molecule has 1 heterocycles. The maximum atomic E-state index is 14.0. The SMILES string of the molecule is CNC1CCC(n2c(Nc3ccccc3F)nc(C=N)c2N)CC1. The smallest absolute Gasteiger partial charge is 0.209 e. The van der Waals surface area contributed by atoms with Crippen LogP contribution in [0.2, 0.25) is 0 Å². The molecule has 1 aliphatic rings. The number of hydrogen-bond acceptors (Lipinski definition) is 5. The Morgan fingerprint density at radius 1 is 1.29 bits per heavy atom. The van der Waals surface area contributed by atoms with Crippen LogP contribution in [0.3, 0.4) is 0 Å². The molecule has 1 fully saturated rings. The third-order valence-electron chi connectivity index (χ3n) is 4.70. The van der Waals surface area contributed by atoms with E-state index in [0.29, 0.717) is 29.2 Å². The van der Waals surface area contributed by atoms with Crippen LogP contribution in [0.4, 0.5) is 21.8 Å². The topological polar surface area (TPSA) is 91.8 Å². The molecule has 1 saturated carbocycles. The number of anilines is 3. The molecule has 5 N–H and O–H groups in total. The molecule has 0 amide bonds. The summed E-state index contributed by atoms with van der Waals surface area (Å²) in [6, 6.07) is 7.18. The van der Waals surface area contributed by atoms with Crippen LogP contribution in [0.5, 0.6) is 0 Å². The minimum Gasteiger partial charge on any atom is -0.383 e. The van der Waals surface area contributed by atoms with Gasteiger partial charge < -0.3 is 21.8 Å². The zero-order valence-corrected chi connectivity index (χ0v) is 13.7. The molecule has 7 heteroatoms. The molecule has 0 bridgehead atoms. The number of para-hydroxylation sites is 1. The van der Waals surface area contributed by atoms with Crippen LogP contribution in [-0.2, 0) is 0 Å². The molecule has 0 atom stereocenters. The first-order chi connectivity index (χ1) is 11.6. The van der Waals surface area contributed by atoms with Crippen molar-refractivity contribution in [3.05, 3.63) is 35.8 Å². The number of hydrogen-bond donors (Lipinski definition) is 4. The molecule has 128 valence electrons. The maximum Gasteiger partial charge on any atom is 0.209 e. The summed E-state index contributed by atoms with van der Waals surface area (Å²) in [5, 5.41) is 13.8. The van der Waals surface area contributed by atoms with E-state index in [1.165, 1.54) is 6.07 Å². The number of nitrogens with two attached hydrogens (primary N) is 1. The Morgan fingerprint density at radius 3 is 2.62 bits per heavy atom. The number of nitrogen functional groups attached to an aromatic ring is 1. The lowest BCUT2D eigenvalue weighted by Gasteiger charge is -2.30. The van der Waals surface area contributed by atoms with Crippen LogP contribution in [-0.4, -0.2) is 28.9 Å². The van der Waals surface area contributed by atoms with E-state index in [9.17, 15) is 4.39 Å². The van der Waals surface area contributed by atoms with E-state index in [1.54, 1.807) is 18.2 Å². The second-order valence-electron chi connectivity index (χ2n) is 6.12. The van der Waals surface area contributed by atoms with Gasteiger partial charge >= 0.3 is 0 Å². The molecule has 0 saturated heterocycles. The number of rotatable bonds is 5. The highest BCUT2D eigenvalue weighted by Crippen LogP contribution is 2.35. The average molecular weight is 330 g/mol. The standard InChI is InChI=1S/C17H23FN6/c1-21-11-6-8-12(9-7-11)24-16(20)15(10-19)23-17(24)22-14-5-3-2-4-13(14)18/h2-5,10-12,19,21H,6-9,20H2,1H3,(H,22,23). The lowest BCUT2D eigenvalue weighted by molar-refractivity contribution is 0.304. The number of nitrogens with zero attached hydrogens (tertiary/aromatic N) is 2. The van der Waals surface area contributed by atoms with Crippen LogP contribution in [0.15, 0.2) is 24.3 Å². The Hall–Kier alpha value is -2.41. The molecule has 1 aromatic heterocycles. The van der Waals surface area contributed by atoms with E-state index in [4.69, 9.17) is 11.1 Å². The summed E-state index contributed by atoms with van der Waals surface area (Å²) >= 11 is 0. The predicted octanol–water partition coefficient (Wildman–Crippen LogP) is 3.05. The summed E-state index contributed by atoms with van der Waals surface area (Å²) in [6.45, 7) is 0. The fourth-order valence-corrected chi connectivity index (χ4v) is 3.33. The van der Waals surface area contributed by atoms with E-state index >= 15 is 0 Å². The Bertz CT molecular complexity index is 718. The van der Waals surface area contributed by atoms with E-state index in [1.807, 2.05) is 11.6 Å². The van der Waals surface area contributed by atoms with Gasteiger partial charge in [0, 0.05) is 18.3 Å². The fourth-order valence-electron chi connectivity index (χ4n) is 3.33. The van der Waals surface area contributed by atoms with Crippen LogP contribution in [0, 0.1) is 11.2 Å². The highest BCUT2D eigenvalue weighted by molar-refractivity contribution is 5.83. The average Bonchev–Trinajstić information content (AvgIpc) is 2.92. The van der Waals surface area contributed by atoms with Gasteiger partial charge in [0.05, 0.1) is 5.69 Å². The van der Waals surface area contributed by atoms with Gasteiger partial charge in [0.25, 0.3) is 0 Å². The molecule has 24 heavy (non-hydrogen) atoms. The molecule has 2 aromatic rings. The van der Waals surface area contributed by atoms with Crippen molar-refractivity contribution in [3.63, 3.8) is 0 Å². The molecule has 6 nitrogen and oxygen atoms in total. The summed E-state index contributed by atoms with van der Waals surface area (Å²) in [5.74, 6) is 0.599. The Labute approximate surface area is 140 Å². The van der Waals surface area contributed by atoms with E-state index in [2.05, 4.69) is 15.6 Å². The monoisotopic (exact) mass is 330 g/mol. The van der Waals surface area contributed by atoms with E-state index in [-0.39, 0.29) is 11.9 Å². The molecule has 0 spiro atoms. The summed E-state index contributed by atoms with van der Waals surface area (Å²) in [4.78, 5) is 4.38. The third-order valence-corrected chi connectivity index (χ3v) is 4.70. The van der Waals surface area contributed by atoms with Gasteiger partial charge in [-0.15, -0.1) is 0 Å². The first-order valence-electron chi connectivity index (χ1n) is 8.21. The first-order valence-corrected chi connectivity index (χ1v) is 8.21. The molecular weight excluding hydrogens is 307 g/mol. The molecule has 0 unspecified atom stereocenters. The molecule has 0 aliphatic heterocycles. The molecule has 1 aromatic carbocycles. The van der Waals surface area contributed by atoms with Gasteiger partial charge in [-0.3, -0.25) is 4.57 Å².